The first-order valence-electron chi connectivity index (χ1n) is 3.68. The van der Waals surface area contributed by atoms with Gasteiger partial charge >= 0.3 is 0 Å². The van der Waals surface area contributed by atoms with Gasteiger partial charge in [-0.3, -0.25) is 4.21 Å². The first kappa shape index (κ1) is 11.0. The number of nitrogens with two attached hydrogens (primary N) is 1. The Kier molecular flexibility index (Phi) is 4.19. The van der Waals surface area contributed by atoms with Crippen LogP contribution in [0.2, 0.25) is 10.0 Å². The molecule has 0 fully saturated rings. The number of halogens is 2. The van der Waals surface area contributed by atoms with Gasteiger partial charge in [0, 0.05) is 27.2 Å². The van der Waals surface area contributed by atoms with E-state index in [-0.39, 0.29) is 0 Å². The van der Waals surface area contributed by atoms with Gasteiger partial charge in [0.1, 0.15) is 0 Å². The van der Waals surface area contributed by atoms with Gasteiger partial charge in [-0.15, -0.1) is 0 Å². The predicted molar refractivity (Wildman–Crippen MR) is 56.8 cm³/mol. The number of benzene rings is 1. The third-order valence-electron chi connectivity index (χ3n) is 1.40. The van der Waals surface area contributed by atoms with Crippen molar-refractivity contribution in [1.29, 1.82) is 0 Å². The van der Waals surface area contributed by atoms with Crippen LogP contribution in [0.5, 0.6) is 0 Å². The molecule has 0 aliphatic rings. The molecular formula is C8H9Cl2NOS. The van der Waals surface area contributed by atoms with Crippen LogP contribution in [0.15, 0.2) is 23.1 Å². The fraction of sp³-hybridized carbons (Fsp3) is 0.250. The maximum Gasteiger partial charge on any atom is 0.0543 e. The van der Waals surface area contributed by atoms with Gasteiger partial charge in [-0.1, -0.05) is 23.2 Å². The summed E-state index contributed by atoms with van der Waals surface area (Å²) in [5, 5.41) is 0.987. The lowest BCUT2D eigenvalue weighted by atomic mass is 10.4. The van der Waals surface area contributed by atoms with Gasteiger partial charge in [0.2, 0.25) is 0 Å². The summed E-state index contributed by atoms with van der Waals surface area (Å²) in [6.07, 6.45) is 0. The van der Waals surface area contributed by atoms with E-state index in [1.807, 2.05) is 0 Å². The Balaban J connectivity index is 2.94. The highest BCUT2D eigenvalue weighted by molar-refractivity contribution is 7.85. The summed E-state index contributed by atoms with van der Waals surface area (Å²) in [6.45, 7) is 0.386. The Bertz CT molecular complexity index is 310. The van der Waals surface area contributed by atoms with Crippen LogP contribution in [-0.2, 0) is 10.8 Å². The molecule has 5 heteroatoms. The molecule has 72 valence electrons. The SMILES string of the molecule is NCCS(=O)c1cc(Cl)cc(Cl)c1. The molecule has 2 N–H and O–H groups in total. The summed E-state index contributed by atoms with van der Waals surface area (Å²) in [5.41, 5.74) is 5.28. The minimum absolute atomic E-state index is 0.386. The van der Waals surface area contributed by atoms with Crippen molar-refractivity contribution in [1.82, 2.24) is 0 Å². The summed E-state index contributed by atoms with van der Waals surface area (Å²) in [6, 6.07) is 4.88. The summed E-state index contributed by atoms with van der Waals surface area (Å²) in [5.74, 6) is 0.427. The largest absolute Gasteiger partial charge is 0.330 e. The average Bonchev–Trinajstić information content (AvgIpc) is 2.03. The van der Waals surface area contributed by atoms with Crippen molar-refractivity contribution in [3.63, 3.8) is 0 Å². The Labute approximate surface area is 89.5 Å². The van der Waals surface area contributed by atoms with E-state index in [1.165, 1.54) is 0 Å². The Morgan fingerprint density at radius 3 is 2.23 bits per heavy atom. The van der Waals surface area contributed by atoms with Gasteiger partial charge in [-0.2, -0.15) is 0 Å². The average molecular weight is 238 g/mol. The molecule has 1 aromatic rings. The fourth-order valence-corrected chi connectivity index (χ4v) is 2.51. The Morgan fingerprint density at radius 2 is 1.77 bits per heavy atom. The minimum atomic E-state index is -1.10. The molecule has 0 aliphatic heterocycles. The maximum absolute atomic E-state index is 11.5. The van der Waals surface area contributed by atoms with E-state index in [0.717, 1.165) is 0 Å². The molecule has 1 unspecified atom stereocenters. The van der Waals surface area contributed by atoms with Crippen molar-refractivity contribution >= 4 is 34.0 Å². The lowest BCUT2D eigenvalue weighted by Crippen LogP contribution is -2.10. The lowest BCUT2D eigenvalue weighted by molar-refractivity contribution is 0.682. The smallest absolute Gasteiger partial charge is 0.0543 e. The van der Waals surface area contributed by atoms with E-state index in [2.05, 4.69) is 0 Å². The quantitative estimate of drug-likeness (QED) is 0.875. The van der Waals surface area contributed by atoms with Crippen LogP contribution in [0.4, 0.5) is 0 Å². The zero-order chi connectivity index (χ0) is 9.84. The second-order valence-electron chi connectivity index (χ2n) is 2.44. The second-order valence-corrected chi connectivity index (χ2v) is 4.89. The van der Waals surface area contributed by atoms with Crippen LogP contribution in [0.3, 0.4) is 0 Å². The van der Waals surface area contributed by atoms with E-state index in [0.29, 0.717) is 27.2 Å². The van der Waals surface area contributed by atoms with Crippen LogP contribution in [0.25, 0.3) is 0 Å². The molecule has 0 radical (unpaired) electrons. The van der Waals surface area contributed by atoms with E-state index < -0.39 is 10.8 Å². The van der Waals surface area contributed by atoms with Gasteiger partial charge < -0.3 is 5.73 Å². The zero-order valence-corrected chi connectivity index (χ0v) is 9.12. The third-order valence-corrected chi connectivity index (χ3v) is 3.21. The van der Waals surface area contributed by atoms with E-state index in [1.54, 1.807) is 18.2 Å². The normalized spacial score (nSPS) is 12.8. The van der Waals surface area contributed by atoms with Crippen molar-refractivity contribution in [3.8, 4) is 0 Å². The molecule has 0 aliphatic carbocycles. The van der Waals surface area contributed by atoms with Crippen LogP contribution >= 0.6 is 23.2 Å². The van der Waals surface area contributed by atoms with Crippen molar-refractivity contribution in [2.45, 2.75) is 4.90 Å². The number of hydrogen-bond acceptors (Lipinski definition) is 2. The molecular weight excluding hydrogens is 229 g/mol. The van der Waals surface area contributed by atoms with Crippen LogP contribution in [-0.4, -0.2) is 16.5 Å². The molecule has 1 aromatic carbocycles. The van der Waals surface area contributed by atoms with Gasteiger partial charge in [-0.05, 0) is 18.2 Å². The first-order valence-corrected chi connectivity index (χ1v) is 5.75. The van der Waals surface area contributed by atoms with Crippen molar-refractivity contribution in [2.24, 2.45) is 5.73 Å². The maximum atomic E-state index is 11.5. The molecule has 0 spiro atoms. The molecule has 0 saturated heterocycles. The molecule has 0 amide bonds. The summed E-state index contributed by atoms with van der Waals surface area (Å²) in [7, 11) is -1.10. The van der Waals surface area contributed by atoms with Crippen LogP contribution in [0.1, 0.15) is 0 Å². The van der Waals surface area contributed by atoms with E-state index >= 15 is 0 Å². The van der Waals surface area contributed by atoms with Crippen molar-refractivity contribution in [3.05, 3.63) is 28.2 Å². The van der Waals surface area contributed by atoms with Crippen LogP contribution in [0, 0.1) is 0 Å². The fourth-order valence-electron chi connectivity index (χ4n) is 0.885. The number of hydrogen-bond donors (Lipinski definition) is 1. The van der Waals surface area contributed by atoms with Crippen LogP contribution < -0.4 is 5.73 Å². The molecule has 1 atom stereocenters. The topological polar surface area (TPSA) is 43.1 Å². The molecule has 0 aromatic heterocycles. The molecule has 0 bridgehead atoms. The van der Waals surface area contributed by atoms with Gasteiger partial charge in [0.05, 0.1) is 10.8 Å². The summed E-state index contributed by atoms with van der Waals surface area (Å²) < 4.78 is 11.5. The molecule has 2 nitrogen and oxygen atoms in total. The highest BCUT2D eigenvalue weighted by Crippen LogP contribution is 2.21. The Hall–Kier alpha value is -0.0900. The van der Waals surface area contributed by atoms with Crippen molar-refractivity contribution < 1.29 is 4.21 Å². The first-order chi connectivity index (χ1) is 6.13. The monoisotopic (exact) mass is 237 g/mol. The number of rotatable bonds is 3. The summed E-state index contributed by atoms with van der Waals surface area (Å²) in [4.78, 5) is 0.628. The van der Waals surface area contributed by atoms with E-state index in [9.17, 15) is 4.21 Å². The van der Waals surface area contributed by atoms with Gasteiger partial charge in [0.25, 0.3) is 0 Å². The molecule has 13 heavy (non-hydrogen) atoms. The molecule has 1 rings (SSSR count). The second kappa shape index (κ2) is 4.96. The van der Waals surface area contributed by atoms with E-state index in [4.69, 9.17) is 28.9 Å². The lowest BCUT2D eigenvalue weighted by Gasteiger charge is -2.01. The molecule has 0 saturated carbocycles. The Morgan fingerprint density at radius 1 is 1.23 bits per heavy atom. The third kappa shape index (κ3) is 3.27. The minimum Gasteiger partial charge on any atom is -0.330 e. The van der Waals surface area contributed by atoms with Gasteiger partial charge in [-0.25, -0.2) is 0 Å². The van der Waals surface area contributed by atoms with Gasteiger partial charge in [0.15, 0.2) is 0 Å². The zero-order valence-electron chi connectivity index (χ0n) is 6.80. The predicted octanol–water partition coefficient (Wildman–Crippen LogP) is 2.06. The highest BCUT2D eigenvalue weighted by atomic mass is 35.5. The standard InChI is InChI=1S/C8H9Cl2NOS/c9-6-3-7(10)5-8(4-6)13(12)2-1-11/h3-5H,1-2,11H2. The van der Waals surface area contributed by atoms with Crippen molar-refractivity contribution in [2.75, 3.05) is 12.3 Å². The summed E-state index contributed by atoms with van der Waals surface area (Å²) >= 11 is 11.5. The molecule has 0 heterocycles. The highest BCUT2D eigenvalue weighted by Gasteiger charge is 2.04.